The summed E-state index contributed by atoms with van der Waals surface area (Å²) in [6, 6.07) is 26.4. The molecule has 1 aliphatic rings. The molecule has 0 fully saturated rings. The first kappa shape index (κ1) is 29.7. The molecule has 3 aromatic carbocycles. The molecule has 2 heterocycles. The van der Waals surface area contributed by atoms with E-state index in [2.05, 4.69) is 69.1 Å². The molecule has 9 nitrogen and oxygen atoms in total. The number of likely N-dealkylation sites (N-methyl/N-ethyl adjacent to an activating group) is 1. The number of hydrogen-bond donors (Lipinski definition) is 1. The molecule has 0 saturated carbocycles. The van der Waals surface area contributed by atoms with E-state index >= 15 is 0 Å². The number of rotatable bonds is 11. The van der Waals surface area contributed by atoms with Crippen molar-refractivity contribution in [2.45, 2.75) is 32.1 Å². The number of ether oxygens (including phenoxy) is 2. The lowest BCUT2D eigenvalue weighted by atomic mass is 9.80. The molecule has 43 heavy (non-hydrogen) atoms. The van der Waals surface area contributed by atoms with Gasteiger partial charge in [-0.15, -0.1) is 0 Å². The van der Waals surface area contributed by atoms with Crippen molar-refractivity contribution < 1.29 is 23.7 Å². The minimum Gasteiger partial charge on any atom is -0.466 e. The summed E-state index contributed by atoms with van der Waals surface area (Å²) >= 11 is 0. The van der Waals surface area contributed by atoms with Crippen LogP contribution in [0.1, 0.15) is 48.8 Å². The average molecular weight is 581 g/mol. The van der Waals surface area contributed by atoms with Gasteiger partial charge in [-0.3, -0.25) is 0 Å². The standard InChI is InChI=1S/C34H36N4O5/c1-22-29(33(39)41-4)31(27-16-11-17-28-32(27)37-43-36-28)30(23(2)35-22)34(40)42-21-20-38(3)19-18-26(24-12-7-5-8-13-24)25-14-9-6-10-15-25/h5-17,26,31,35H,18-21H2,1-4H3. The molecular weight excluding hydrogens is 544 g/mol. The van der Waals surface area contributed by atoms with Gasteiger partial charge in [-0.25, -0.2) is 14.2 Å². The lowest BCUT2D eigenvalue weighted by Gasteiger charge is -2.30. The van der Waals surface area contributed by atoms with Crippen LogP contribution in [0.25, 0.3) is 11.0 Å². The van der Waals surface area contributed by atoms with E-state index in [9.17, 15) is 9.59 Å². The Morgan fingerprint density at radius 3 is 2.12 bits per heavy atom. The first-order valence-electron chi connectivity index (χ1n) is 14.3. The third-order valence-electron chi connectivity index (χ3n) is 7.92. The van der Waals surface area contributed by atoms with Gasteiger partial charge in [-0.05, 0) is 66.9 Å². The Kier molecular flexibility index (Phi) is 9.32. The van der Waals surface area contributed by atoms with Crippen LogP contribution >= 0.6 is 0 Å². The summed E-state index contributed by atoms with van der Waals surface area (Å²) in [4.78, 5) is 28.8. The van der Waals surface area contributed by atoms with Gasteiger partial charge < -0.3 is 19.7 Å². The Hall–Kier alpha value is -4.76. The molecule has 0 aliphatic carbocycles. The minimum absolute atomic E-state index is 0.187. The number of carbonyl (C=O) groups is 2. The van der Waals surface area contributed by atoms with Gasteiger partial charge in [0.25, 0.3) is 0 Å². The van der Waals surface area contributed by atoms with Gasteiger partial charge in [-0.2, -0.15) is 0 Å². The Labute approximate surface area is 251 Å². The lowest BCUT2D eigenvalue weighted by molar-refractivity contribution is -0.139. The molecule has 0 amide bonds. The number of hydrogen-bond acceptors (Lipinski definition) is 9. The molecule has 9 heteroatoms. The van der Waals surface area contributed by atoms with E-state index in [1.807, 2.05) is 25.2 Å². The van der Waals surface area contributed by atoms with Crippen molar-refractivity contribution in [3.8, 4) is 0 Å². The number of carbonyl (C=O) groups excluding carboxylic acids is 2. The Morgan fingerprint density at radius 2 is 1.49 bits per heavy atom. The van der Waals surface area contributed by atoms with Crippen molar-refractivity contribution in [2.75, 3.05) is 33.9 Å². The zero-order chi connectivity index (χ0) is 30.3. The Balaban J connectivity index is 1.29. The molecule has 1 atom stereocenters. The van der Waals surface area contributed by atoms with Crippen LogP contribution in [0, 0.1) is 0 Å². The minimum atomic E-state index is -0.771. The smallest absolute Gasteiger partial charge is 0.336 e. The second-order valence-corrected chi connectivity index (χ2v) is 10.7. The first-order valence-corrected chi connectivity index (χ1v) is 14.3. The number of nitrogens with zero attached hydrogens (tertiary/aromatic N) is 3. The molecule has 1 unspecified atom stereocenters. The molecule has 0 spiro atoms. The summed E-state index contributed by atoms with van der Waals surface area (Å²) in [7, 11) is 3.34. The summed E-state index contributed by atoms with van der Waals surface area (Å²) in [5.41, 5.74) is 5.94. The molecule has 1 aliphatic heterocycles. The van der Waals surface area contributed by atoms with Crippen molar-refractivity contribution in [3.05, 3.63) is 118 Å². The van der Waals surface area contributed by atoms with Crippen molar-refractivity contribution in [3.63, 3.8) is 0 Å². The fourth-order valence-electron chi connectivity index (χ4n) is 5.75. The number of esters is 2. The van der Waals surface area contributed by atoms with Gasteiger partial charge in [0.1, 0.15) is 17.6 Å². The largest absolute Gasteiger partial charge is 0.466 e. The molecule has 0 saturated heterocycles. The third kappa shape index (κ3) is 6.52. The van der Waals surface area contributed by atoms with E-state index in [0.717, 1.165) is 13.0 Å². The maximum absolute atomic E-state index is 13.7. The van der Waals surface area contributed by atoms with Gasteiger partial charge in [0.2, 0.25) is 0 Å². The highest BCUT2D eigenvalue weighted by Crippen LogP contribution is 2.41. The zero-order valence-corrected chi connectivity index (χ0v) is 24.9. The molecule has 0 radical (unpaired) electrons. The Morgan fingerprint density at radius 1 is 0.860 bits per heavy atom. The summed E-state index contributed by atoms with van der Waals surface area (Å²) in [5.74, 6) is -1.58. The maximum Gasteiger partial charge on any atom is 0.336 e. The van der Waals surface area contributed by atoms with E-state index in [-0.39, 0.29) is 12.5 Å². The fraction of sp³-hybridized carbons (Fsp3) is 0.294. The highest BCUT2D eigenvalue weighted by atomic mass is 16.6. The van der Waals surface area contributed by atoms with E-state index in [1.54, 1.807) is 26.0 Å². The number of allylic oxidation sites excluding steroid dienone is 2. The van der Waals surface area contributed by atoms with Crippen molar-refractivity contribution in [1.82, 2.24) is 20.5 Å². The molecular formula is C34H36N4O5. The van der Waals surface area contributed by atoms with Crippen LogP contribution in [-0.4, -0.2) is 61.0 Å². The number of aromatic nitrogens is 2. The van der Waals surface area contributed by atoms with Crippen molar-refractivity contribution in [2.24, 2.45) is 0 Å². The third-order valence-corrected chi connectivity index (χ3v) is 7.92. The highest BCUT2D eigenvalue weighted by Gasteiger charge is 2.39. The van der Waals surface area contributed by atoms with Crippen LogP contribution in [0.4, 0.5) is 0 Å². The van der Waals surface area contributed by atoms with Crippen LogP contribution < -0.4 is 5.32 Å². The first-order chi connectivity index (χ1) is 20.9. The van der Waals surface area contributed by atoms with Crippen LogP contribution in [0.2, 0.25) is 0 Å². The SMILES string of the molecule is COC(=O)C1=C(C)NC(C)=C(C(=O)OCCN(C)CCC(c2ccccc2)c2ccccc2)C1c1cccc2nonc12. The number of methoxy groups -OCH3 is 1. The van der Waals surface area contributed by atoms with Crippen molar-refractivity contribution in [1.29, 1.82) is 0 Å². The van der Waals surface area contributed by atoms with E-state index in [1.165, 1.54) is 18.2 Å². The number of dihydropyridines is 1. The predicted molar refractivity (Wildman–Crippen MR) is 163 cm³/mol. The summed E-state index contributed by atoms with van der Waals surface area (Å²) < 4.78 is 15.9. The Bertz CT molecular complexity index is 1610. The average Bonchev–Trinajstić information content (AvgIpc) is 3.51. The molecule has 5 rings (SSSR count). The van der Waals surface area contributed by atoms with E-state index in [0.29, 0.717) is 45.7 Å². The predicted octanol–water partition coefficient (Wildman–Crippen LogP) is 5.33. The number of nitrogens with one attached hydrogen (secondary N) is 1. The summed E-state index contributed by atoms with van der Waals surface area (Å²) in [5, 5.41) is 11.2. The second kappa shape index (κ2) is 13.5. The number of fused-ring (bicyclic) bond motifs is 1. The number of benzene rings is 3. The van der Waals surface area contributed by atoms with Crippen LogP contribution in [-0.2, 0) is 19.1 Å². The normalized spacial score (nSPS) is 15.3. The monoisotopic (exact) mass is 580 g/mol. The maximum atomic E-state index is 13.7. The molecule has 222 valence electrons. The second-order valence-electron chi connectivity index (χ2n) is 10.7. The van der Waals surface area contributed by atoms with Crippen molar-refractivity contribution >= 4 is 23.0 Å². The van der Waals surface area contributed by atoms with E-state index < -0.39 is 17.9 Å². The van der Waals surface area contributed by atoms with Crippen LogP contribution in [0.5, 0.6) is 0 Å². The highest BCUT2D eigenvalue weighted by molar-refractivity contribution is 6.01. The van der Waals surface area contributed by atoms with E-state index in [4.69, 9.17) is 14.1 Å². The quantitative estimate of drug-likeness (QED) is 0.236. The fourth-order valence-corrected chi connectivity index (χ4v) is 5.75. The van der Waals surface area contributed by atoms with Gasteiger partial charge in [0.05, 0.1) is 24.2 Å². The van der Waals surface area contributed by atoms with Crippen LogP contribution in [0.3, 0.4) is 0 Å². The van der Waals surface area contributed by atoms with Gasteiger partial charge >= 0.3 is 11.9 Å². The van der Waals surface area contributed by atoms with Gasteiger partial charge in [0.15, 0.2) is 0 Å². The van der Waals surface area contributed by atoms with Gasteiger partial charge in [0, 0.05) is 23.9 Å². The topological polar surface area (TPSA) is 107 Å². The molecule has 1 N–H and O–H groups in total. The summed E-state index contributed by atoms with van der Waals surface area (Å²) in [6.45, 7) is 5.12. The van der Waals surface area contributed by atoms with Crippen LogP contribution in [0.15, 0.2) is 106 Å². The molecule has 0 bridgehead atoms. The molecule has 4 aromatic rings. The molecule has 1 aromatic heterocycles. The summed E-state index contributed by atoms with van der Waals surface area (Å²) in [6.07, 6.45) is 0.914. The lowest BCUT2D eigenvalue weighted by Crippen LogP contribution is -2.33. The van der Waals surface area contributed by atoms with Gasteiger partial charge in [-0.1, -0.05) is 72.8 Å². The zero-order valence-electron chi connectivity index (χ0n) is 24.9.